The van der Waals surface area contributed by atoms with Gasteiger partial charge in [-0.3, -0.25) is 10.1 Å². The summed E-state index contributed by atoms with van der Waals surface area (Å²) < 4.78 is 4.97. The Morgan fingerprint density at radius 3 is 2.71 bits per heavy atom. The lowest BCUT2D eigenvalue weighted by Gasteiger charge is -2.01. The van der Waals surface area contributed by atoms with E-state index in [0.717, 1.165) is 0 Å². The summed E-state index contributed by atoms with van der Waals surface area (Å²) in [5, 5.41) is 13.7. The molecule has 0 saturated heterocycles. The average molecular weight is 326 g/mol. The Morgan fingerprint density at radius 1 is 1.29 bits per heavy atom. The number of carbonyl (C=O) groups excluding carboxylic acids is 1. The number of benzene rings is 2. The number of ether oxygens (including phenoxy) is 1. The van der Waals surface area contributed by atoms with Crippen molar-refractivity contribution in [1.29, 1.82) is 0 Å². The molecule has 8 nitrogen and oxygen atoms in total. The number of non-ortho nitro benzene ring substituents is 1. The van der Waals surface area contributed by atoms with Crippen molar-refractivity contribution in [2.75, 3.05) is 11.9 Å². The molecule has 8 heteroatoms. The van der Waals surface area contributed by atoms with Crippen LogP contribution in [0.4, 0.5) is 17.3 Å². The third kappa shape index (κ3) is 3.17. The molecule has 3 rings (SSSR count). The summed E-state index contributed by atoms with van der Waals surface area (Å²) in [4.78, 5) is 29.4. The first-order valence-corrected chi connectivity index (χ1v) is 7.25. The molecule has 2 aromatic carbocycles. The Kier molecular flexibility index (Phi) is 4.11. The van der Waals surface area contributed by atoms with Crippen molar-refractivity contribution in [2.45, 2.75) is 6.92 Å². The van der Waals surface area contributed by atoms with Crippen LogP contribution in [0.5, 0.6) is 0 Å². The Labute approximate surface area is 136 Å². The van der Waals surface area contributed by atoms with Gasteiger partial charge >= 0.3 is 5.97 Å². The molecule has 1 heterocycles. The number of aromatic amines is 1. The first-order valence-electron chi connectivity index (χ1n) is 7.25. The molecular formula is C16H14N4O4. The lowest BCUT2D eigenvalue weighted by molar-refractivity contribution is -0.384. The number of imidazole rings is 1. The largest absolute Gasteiger partial charge is 0.462 e. The number of carbonyl (C=O) groups is 1. The van der Waals surface area contributed by atoms with Gasteiger partial charge in [-0.1, -0.05) is 0 Å². The fourth-order valence-electron chi connectivity index (χ4n) is 2.21. The SMILES string of the molecule is CCOC(=O)c1ccc2nc(Nc3ccc([N+](=O)[O-])cc3)[nH]c2c1. The van der Waals surface area contributed by atoms with E-state index >= 15 is 0 Å². The second kappa shape index (κ2) is 6.37. The molecule has 0 atom stereocenters. The van der Waals surface area contributed by atoms with Gasteiger partial charge in [-0.15, -0.1) is 0 Å². The number of anilines is 2. The van der Waals surface area contributed by atoms with Gasteiger partial charge in [0.25, 0.3) is 5.69 Å². The van der Waals surface area contributed by atoms with E-state index in [4.69, 9.17) is 4.74 Å². The third-order valence-electron chi connectivity index (χ3n) is 3.33. The lowest BCUT2D eigenvalue weighted by Crippen LogP contribution is -2.04. The molecule has 0 spiro atoms. The normalized spacial score (nSPS) is 10.5. The van der Waals surface area contributed by atoms with E-state index in [1.807, 2.05) is 0 Å². The van der Waals surface area contributed by atoms with Gasteiger partial charge in [0.15, 0.2) is 0 Å². The summed E-state index contributed by atoms with van der Waals surface area (Å²) in [5.74, 6) is 0.0822. The van der Waals surface area contributed by atoms with E-state index in [1.54, 1.807) is 37.3 Å². The number of nitro benzene ring substituents is 1. The molecule has 2 N–H and O–H groups in total. The number of nitrogens with zero attached hydrogens (tertiary/aromatic N) is 2. The molecule has 0 unspecified atom stereocenters. The zero-order valence-corrected chi connectivity index (χ0v) is 12.8. The predicted molar refractivity (Wildman–Crippen MR) is 88.4 cm³/mol. The van der Waals surface area contributed by atoms with Crippen LogP contribution >= 0.6 is 0 Å². The van der Waals surface area contributed by atoms with Crippen LogP contribution in [-0.2, 0) is 4.74 Å². The van der Waals surface area contributed by atoms with Crippen molar-refractivity contribution < 1.29 is 14.5 Å². The molecule has 0 amide bonds. The van der Waals surface area contributed by atoms with Crippen LogP contribution in [0.3, 0.4) is 0 Å². The number of nitro groups is 1. The molecule has 0 aliphatic rings. The monoisotopic (exact) mass is 326 g/mol. The van der Waals surface area contributed by atoms with Crippen LogP contribution < -0.4 is 5.32 Å². The summed E-state index contributed by atoms with van der Waals surface area (Å²) in [6.07, 6.45) is 0. The molecule has 24 heavy (non-hydrogen) atoms. The van der Waals surface area contributed by atoms with Crippen molar-refractivity contribution in [3.8, 4) is 0 Å². The smallest absolute Gasteiger partial charge is 0.338 e. The highest BCUT2D eigenvalue weighted by Gasteiger charge is 2.10. The van der Waals surface area contributed by atoms with Gasteiger partial charge < -0.3 is 15.0 Å². The van der Waals surface area contributed by atoms with Crippen LogP contribution in [0.1, 0.15) is 17.3 Å². The van der Waals surface area contributed by atoms with Gasteiger partial charge in [0.1, 0.15) is 0 Å². The summed E-state index contributed by atoms with van der Waals surface area (Å²) >= 11 is 0. The molecule has 0 fully saturated rings. The number of rotatable bonds is 5. The summed E-state index contributed by atoms with van der Waals surface area (Å²) in [6.45, 7) is 2.06. The zero-order valence-electron chi connectivity index (χ0n) is 12.8. The molecule has 0 aliphatic carbocycles. The van der Waals surface area contributed by atoms with Crippen molar-refractivity contribution in [2.24, 2.45) is 0 Å². The molecule has 1 aromatic heterocycles. The van der Waals surface area contributed by atoms with E-state index in [0.29, 0.717) is 34.8 Å². The fraction of sp³-hybridized carbons (Fsp3) is 0.125. The Morgan fingerprint density at radius 2 is 2.04 bits per heavy atom. The van der Waals surface area contributed by atoms with Gasteiger partial charge in [0.2, 0.25) is 5.95 Å². The molecule has 0 aliphatic heterocycles. The second-order valence-electron chi connectivity index (χ2n) is 4.97. The van der Waals surface area contributed by atoms with Crippen LogP contribution in [0, 0.1) is 10.1 Å². The van der Waals surface area contributed by atoms with Crippen LogP contribution in [0.15, 0.2) is 42.5 Å². The van der Waals surface area contributed by atoms with Gasteiger partial charge in [-0.2, -0.15) is 0 Å². The molecule has 3 aromatic rings. The van der Waals surface area contributed by atoms with Gasteiger partial charge in [0, 0.05) is 17.8 Å². The van der Waals surface area contributed by atoms with Crippen LogP contribution in [-0.4, -0.2) is 27.5 Å². The number of esters is 1. The van der Waals surface area contributed by atoms with Crippen molar-refractivity contribution in [3.05, 3.63) is 58.1 Å². The number of fused-ring (bicyclic) bond motifs is 1. The van der Waals surface area contributed by atoms with Gasteiger partial charge in [-0.05, 0) is 37.3 Å². The number of aromatic nitrogens is 2. The minimum atomic E-state index is -0.456. The first kappa shape index (κ1) is 15.5. The average Bonchev–Trinajstić information content (AvgIpc) is 2.96. The number of hydrogen-bond acceptors (Lipinski definition) is 6. The predicted octanol–water partition coefficient (Wildman–Crippen LogP) is 3.39. The van der Waals surface area contributed by atoms with Crippen LogP contribution in [0.2, 0.25) is 0 Å². The van der Waals surface area contributed by atoms with Gasteiger partial charge in [0.05, 0.1) is 28.1 Å². The van der Waals surface area contributed by atoms with Crippen molar-refractivity contribution in [1.82, 2.24) is 9.97 Å². The quantitative estimate of drug-likeness (QED) is 0.422. The second-order valence-corrected chi connectivity index (χ2v) is 4.97. The van der Waals surface area contributed by atoms with Crippen molar-refractivity contribution >= 4 is 34.3 Å². The highest BCUT2D eigenvalue weighted by atomic mass is 16.6. The summed E-state index contributed by atoms with van der Waals surface area (Å²) in [6, 6.07) is 11.0. The van der Waals surface area contributed by atoms with E-state index in [1.165, 1.54) is 12.1 Å². The Balaban J connectivity index is 1.82. The number of nitrogens with one attached hydrogen (secondary N) is 2. The Hall–Kier alpha value is -3.42. The molecule has 0 radical (unpaired) electrons. The van der Waals surface area contributed by atoms with E-state index in [9.17, 15) is 14.9 Å². The Bertz CT molecular complexity index is 902. The first-order chi connectivity index (χ1) is 11.6. The maximum absolute atomic E-state index is 11.7. The maximum Gasteiger partial charge on any atom is 0.338 e. The van der Waals surface area contributed by atoms with E-state index in [-0.39, 0.29) is 11.7 Å². The third-order valence-corrected chi connectivity index (χ3v) is 3.33. The summed E-state index contributed by atoms with van der Waals surface area (Å²) in [5.41, 5.74) is 2.49. The van der Waals surface area contributed by atoms with Gasteiger partial charge in [-0.25, -0.2) is 9.78 Å². The summed E-state index contributed by atoms with van der Waals surface area (Å²) in [7, 11) is 0. The zero-order chi connectivity index (χ0) is 17.1. The highest BCUT2D eigenvalue weighted by molar-refractivity contribution is 5.94. The van der Waals surface area contributed by atoms with Crippen LogP contribution in [0.25, 0.3) is 11.0 Å². The maximum atomic E-state index is 11.7. The van der Waals surface area contributed by atoms with Crippen molar-refractivity contribution in [3.63, 3.8) is 0 Å². The molecular weight excluding hydrogens is 312 g/mol. The fourth-order valence-corrected chi connectivity index (χ4v) is 2.21. The highest BCUT2D eigenvalue weighted by Crippen LogP contribution is 2.21. The minimum absolute atomic E-state index is 0.0178. The molecule has 122 valence electrons. The number of hydrogen-bond donors (Lipinski definition) is 2. The van der Waals surface area contributed by atoms with E-state index in [2.05, 4.69) is 15.3 Å². The standard InChI is InChI=1S/C16H14N4O4/c1-2-24-15(21)10-3-8-13-14(9-10)19-16(18-13)17-11-4-6-12(7-5-11)20(22)23/h3-9H,2H2,1H3,(H2,17,18,19). The topological polar surface area (TPSA) is 110 Å². The molecule has 0 saturated carbocycles. The minimum Gasteiger partial charge on any atom is -0.462 e. The van der Waals surface area contributed by atoms with E-state index < -0.39 is 4.92 Å². The number of H-pyrrole nitrogens is 1. The lowest BCUT2D eigenvalue weighted by atomic mass is 10.2. The molecule has 0 bridgehead atoms.